The molecule has 0 radical (unpaired) electrons. The summed E-state index contributed by atoms with van der Waals surface area (Å²) in [6.07, 6.45) is 8.35. The second kappa shape index (κ2) is 3.05. The molecule has 68 valence electrons. The summed E-state index contributed by atoms with van der Waals surface area (Å²) in [5, 5.41) is 0. The molecule has 0 amide bonds. The normalized spacial score (nSPS) is 10.6. The second-order valence-electron chi connectivity index (χ2n) is 2.94. The van der Waals surface area contributed by atoms with Crippen molar-refractivity contribution in [2.45, 2.75) is 20.3 Å². The van der Waals surface area contributed by atoms with Gasteiger partial charge in [-0.05, 0) is 6.92 Å². The van der Waals surface area contributed by atoms with E-state index >= 15 is 0 Å². The van der Waals surface area contributed by atoms with Crippen LogP contribution in [0.2, 0.25) is 0 Å². The third-order valence-electron chi connectivity index (χ3n) is 1.93. The molecule has 2 heterocycles. The van der Waals surface area contributed by atoms with Crippen LogP contribution in [0.3, 0.4) is 0 Å². The smallest absolute Gasteiger partial charge is 0.128 e. The molecular formula is C9H12N4. The number of nitrogens with zero attached hydrogens (tertiary/aromatic N) is 4. The fourth-order valence-electron chi connectivity index (χ4n) is 1.36. The molecule has 2 rings (SSSR count). The molecule has 0 saturated carbocycles. The first kappa shape index (κ1) is 8.04. The summed E-state index contributed by atoms with van der Waals surface area (Å²) in [6.45, 7) is 4.09. The van der Waals surface area contributed by atoms with Crippen LogP contribution in [0.4, 0.5) is 0 Å². The Bertz CT molecular complexity index is 386. The highest BCUT2D eigenvalue weighted by Gasteiger charge is 2.03. The van der Waals surface area contributed by atoms with Crippen molar-refractivity contribution in [1.82, 2.24) is 19.3 Å². The van der Waals surface area contributed by atoms with Crippen LogP contribution < -0.4 is 0 Å². The molecule has 0 aromatic carbocycles. The Balaban J connectivity index is 2.50. The molecule has 0 atom stereocenters. The molecule has 0 bridgehead atoms. The number of aromatic nitrogens is 4. The van der Waals surface area contributed by atoms with Gasteiger partial charge in [-0.3, -0.25) is 0 Å². The quantitative estimate of drug-likeness (QED) is 0.690. The number of hydrogen-bond donors (Lipinski definition) is 0. The third-order valence-corrected chi connectivity index (χ3v) is 1.93. The zero-order chi connectivity index (χ0) is 9.26. The van der Waals surface area contributed by atoms with Crippen molar-refractivity contribution in [3.63, 3.8) is 0 Å². The second-order valence-corrected chi connectivity index (χ2v) is 2.94. The number of imidazole rings is 2. The summed E-state index contributed by atoms with van der Waals surface area (Å²) >= 11 is 0. The Morgan fingerprint density at radius 3 is 2.92 bits per heavy atom. The highest BCUT2D eigenvalue weighted by atomic mass is 15.5. The molecule has 0 fully saturated rings. The van der Waals surface area contributed by atoms with E-state index in [1.165, 1.54) is 0 Å². The summed E-state index contributed by atoms with van der Waals surface area (Å²) in [6, 6.07) is 0. The third kappa shape index (κ3) is 1.35. The molecular weight excluding hydrogens is 164 g/mol. The van der Waals surface area contributed by atoms with Gasteiger partial charge in [0.05, 0.1) is 11.9 Å². The first-order valence-electron chi connectivity index (χ1n) is 4.34. The number of aryl methyl sites for hydroxylation is 2. The highest BCUT2D eigenvalue weighted by molar-refractivity contribution is 5.03. The summed E-state index contributed by atoms with van der Waals surface area (Å²) < 4.78 is 3.92. The van der Waals surface area contributed by atoms with Crippen LogP contribution in [0.15, 0.2) is 24.9 Å². The lowest BCUT2D eigenvalue weighted by Crippen LogP contribution is -2.08. The fraction of sp³-hybridized carbons (Fsp3) is 0.333. The van der Waals surface area contributed by atoms with Crippen molar-refractivity contribution in [2.75, 3.05) is 0 Å². The van der Waals surface area contributed by atoms with Crippen LogP contribution >= 0.6 is 0 Å². The van der Waals surface area contributed by atoms with Crippen LogP contribution in [0.5, 0.6) is 0 Å². The molecule has 0 aliphatic rings. The maximum atomic E-state index is 4.40. The molecule has 13 heavy (non-hydrogen) atoms. The van der Waals surface area contributed by atoms with Crippen LogP contribution in [0.25, 0.3) is 0 Å². The van der Waals surface area contributed by atoms with Crippen LogP contribution in [-0.2, 0) is 6.42 Å². The van der Waals surface area contributed by atoms with Gasteiger partial charge < -0.3 is 0 Å². The summed E-state index contributed by atoms with van der Waals surface area (Å²) in [5.41, 5.74) is 1.03. The van der Waals surface area contributed by atoms with E-state index in [1.807, 2.05) is 28.7 Å². The topological polar surface area (TPSA) is 35.6 Å². The van der Waals surface area contributed by atoms with Crippen molar-refractivity contribution in [3.05, 3.63) is 36.4 Å². The predicted molar refractivity (Wildman–Crippen MR) is 49.4 cm³/mol. The lowest BCUT2D eigenvalue weighted by Gasteiger charge is -2.05. The molecule has 0 aliphatic carbocycles. The minimum atomic E-state index is 0.923. The maximum Gasteiger partial charge on any atom is 0.128 e. The minimum Gasteiger partial charge on any atom is -0.243 e. The first-order chi connectivity index (χ1) is 6.31. The zero-order valence-corrected chi connectivity index (χ0v) is 7.81. The molecule has 0 aliphatic heterocycles. The Morgan fingerprint density at radius 2 is 2.31 bits per heavy atom. The highest BCUT2D eigenvalue weighted by Crippen LogP contribution is 2.03. The van der Waals surface area contributed by atoms with E-state index in [-0.39, 0.29) is 0 Å². The van der Waals surface area contributed by atoms with Crippen LogP contribution in [-0.4, -0.2) is 19.3 Å². The van der Waals surface area contributed by atoms with Crippen molar-refractivity contribution < 1.29 is 0 Å². The lowest BCUT2D eigenvalue weighted by atomic mass is 10.5. The Labute approximate surface area is 76.8 Å². The van der Waals surface area contributed by atoms with Gasteiger partial charge in [-0.25, -0.2) is 19.3 Å². The van der Waals surface area contributed by atoms with Gasteiger partial charge in [-0.2, -0.15) is 0 Å². The van der Waals surface area contributed by atoms with Gasteiger partial charge in [0.25, 0.3) is 0 Å². The molecule has 0 spiro atoms. The maximum absolute atomic E-state index is 4.40. The molecule has 2 aromatic heterocycles. The molecule has 2 aromatic rings. The van der Waals surface area contributed by atoms with E-state index in [2.05, 4.69) is 16.9 Å². The van der Waals surface area contributed by atoms with Crippen LogP contribution in [0, 0.1) is 6.92 Å². The minimum absolute atomic E-state index is 0.923. The van der Waals surface area contributed by atoms with E-state index < -0.39 is 0 Å². The fourth-order valence-corrected chi connectivity index (χ4v) is 1.36. The van der Waals surface area contributed by atoms with Crippen molar-refractivity contribution >= 4 is 0 Å². The number of rotatable bonds is 2. The van der Waals surface area contributed by atoms with Gasteiger partial charge in [-0.15, -0.1) is 0 Å². The van der Waals surface area contributed by atoms with Crippen LogP contribution in [0.1, 0.15) is 18.4 Å². The largest absolute Gasteiger partial charge is 0.243 e. The molecule has 4 heteroatoms. The van der Waals surface area contributed by atoms with E-state index in [0.717, 1.165) is 17.9 Å². The first-order valence-corrected chi connectivity index (χ1v) is 4.34. The van der Waals surface area contributed by atoms with E-state index in [9.17, 15) is 0 Å². The molecule has 0 saturated heterocycles. The Morgan fingerprint density at radius 1 is 1.46 bits per heavy atom. The van der Waals surface area contributed by atoms with Gasteiger partial charge in [-0.1, -0.05) is 6.92 Å². The summed E-state index contributed by atoms with van der Waals surface area (Å²) in [7, 11) is 0. The predicted octanol–water partition coefficient (Wildman–Crippen LogP) is 1.26. The van der Waals surface area contributed by atoms with Gasteiger partial charge in [0.15, 0.2) is 0 Å². The molecule has 4 nitrogen and oxygen atoms in total. The van der Waals surface area contributed by atoms with Crippen molar-refractivity contribution in [2.24, 2.45) is 0 Å². The SMILES string of the molecule is CCc1nc(C)cn1-n1ccnc1. The standard InChI is InChI=1S/C9H12N4/c1-3-9-11-8(2)6-13(9)12-5-4-10-7-12/h4-7H,3H2,1-2H3. The van der Waals surface area contributed by atoms with E-state index in [1.54, 1.807) is 12.5 Å². The van der Waals surface area contributed by atoms with Gasteiger partial charge in [0.1, 0.15) is 12.2 Å². The Kier molecular flexibility index (Phi) is 1.88. The monoisotopic (exact) mass is 176 g/mol. The summed E-state index contributed by atoms with van der Waals surface area (Å²) in [4.78, 5) is 8.40. The average Bonchev–Trinajstić information content (AvgIpc) is 2.71. The van der Waals surface area contributed by atoms with Crippen molar-refractivity contribution in [1.29, 1.82) is 0 Å². The van der Waals surface area contributed by atoms with E-state index in [0.29, 0.717) is 0 Å². The van der Waals surface area contributed by atoms with Gasteiger partial charge >= 0.3 is 0 Å². The van der Waals surface area contributed by atoms with Gasteiger partial charge in [0.2, 0.25) is 0 Å². The lowest BCUT2D eigenvalue weighted by molar-refractivity contribution is 0.618. The summed E-state index contributed by atoms with van der Waals surface area (Å²) in [5.74, 6) is 1.05. The van der Waals surface area contributed by atoms with E-state index in [4.69, 9.17) is 0 Å². The van der Waals surface area contributed by atoms with Gasteiger partial charge in [0, 0.05) is 18.8 Å². The average molecular weight is 176 g/mol. The molecule has 0 N–H and O–H groups in total. The van der Waals surface area contributed by atoms with Crippen molar-refractivity contribution in [3.8, 4) is 0 Å². The Hall–Kier alpha value is -1.58. The molecule has 0 unspecified atom stereocenters. The zero-order valence-electron chi connectivity index (χ0n) is 7.81. The number of hydrogen-bond acceptors (Lipinski definition) is 2.